The first-order chi connectivity index (χ1) is 9.85. The number of hydrogen-bond donors (Lipinski definition) is 2. The van der Waals surface area contributed by atoms with Gasteiger partial charge in [0.1, 0.15) is 0 Å². The number of carboxylic acids is 1. The van der Waals surface area contributed by atoms with Gasteiger partial charge < -0.3 is 5.11 Å². The summed E-state index contributed by atoms with van der Waals surface area (Å²) in [6.07, 6.45) is 1.06. The lowest BCUT2D eigenvalue weighted by molar-refractivity contribution is 0.0696. The fourth-order valence-corrected chi connectivity index (χ4v) is 2.84. The van der Waals surface area contributed by atoms with Crippen LogP contribution in [0.25, 0.3) is 0 Å². The molecule has 0 amide bonds. The van der Waals surface area contributed by atoms with Crippen LogP contribution in [0.15, 0.2) is 42.6 Å². The molecule has 0 bridgehead atoms. The summed E-state index contributed by atoms with van der Waals surface area (Å²) < 4.78 is 38.8. The number of sulfonamides is 1. The second-order valence-electron chi connectivity index (χ2n) is 4.24. The van der Waals surface area contributed by atoms with Crippen LogP contribution in [0.5, 0.6) is 0 Å². The summed E-state index contributed by atoms with van der Waals surface area (Å²) in [5.74, 6) is -2.25. The van der Waals surface area contributed by atoms with E-state index in [9.17, 15) is 17.6 Å². The molecule has 0 atom stereocenters. The largest absolute Gasteiger partial charge is 0.478 e. The second kappa shape index (κ2) is 5.88. The third-order valence-electron chi connectivity index (χ3n) is 2.53. The fraction of sp³-hybridized carbons (Fsp3) is 0.0769. The Morgan fingerprint density at radius 2 is 2.05 bits per heavy atom. The topological polar surface area (TPSA) is 96.4 Å². The van der Waals surface area contributed by atoms with E-state index in [-0.39, 0.29) is 11.3 Å². The number of halogens is 1. The lowest BCUT2D eigenvalue weighted by Gasteiger charge is -2.08. The van der Waals surface area contributed by atoms with E-state index < -0.39 is 27.7 Å². The van der Waals surface area contributed by atoms with E-state index in [1.165, 1.54) is 30.3 Å². The van der Waals surface area contributed by atoms with E-state index in [1.54, 1.807) is 0 Å². The van der Waals surface area contributed by atoms with Crippen LogP contribution in [0.2, 0.25) is 0 Å². The van der Waals surface area contributed by atoms with Gasteiger partial charge in [-0.05, 0) is 29.8 Å². The van der Waals surface area contributed by atoms with Gasteiger partial charge in [0, 0.05) is 0 Å². The molecular weight excluding hydrogens is 299 g/mol. The van der Waals surface area contributed by atoms with Crippen molar-refractivity contribution >= 4 is 21.7 Å². The zero-order valence-electron chi connectivity index (χ0n) is 10.7. The minimum absolute atomic E-state index is 0.00569. The minimum Gasteiger partial charge on any atom is -0.478 e. The van der Waals surface area contributed by atoms with E-state index in [4.69, 9.17) is 5.11 Å². The van der Waals surface area contributed by atoms with E-state index in [1.807, 2.05) is 0 Å². The molecular formula is C13H11FN2O4S. The highest BCUT2D eigenvalue weighted by atomic mass is 32.2. The smallest absolute Gasteiger partial charge is 0.335 e. The number of aromatic nitrogens is 1. The number of anilines is 1. The normalized spacial score (nSPS) is 11.1. The molecule has 0 aliphatic carbocycles. The molecule has 0 unspecified atom stereocenters. The molecule has 0 aliphatic heterocycles. The van der Waals surface area contributed by atoms with Crippen molar-refractivity contribution in [1.82, 2.24) is 4.98 Å². The van der Waals surface area contributed by atoms with Crippen molar-refractivity contribution in [1.29, 1.82) is 0 Å². The summed E-state index contributed by atoms with van der Waals surface area (Å²) in [4.78, 5) is 14.2. The first-order valence-corrected chi connectivity index (χ1v) is 7.45. The van der Waals surface area contributed by atoms with Gasteiger partial charge in [0.05, 0.1) is 23.2 Å². The molecule has 21 heavy (non-hydrogen) atoms. The van der Waals surface area contributed by atoms with Gasteiger partial charge in [0.2, 0.25) is 16.0 Å². The zero-order chi connectivity index (χ0) is 15.5. The summed E-state index contributed by atoms with van der Waals surface area (Å²) >= 11 is 0. The summed E-state index contributed by atoms with van der Waals surface area (Å²) in [6.45, 7) is 0. The summed E-state index contributed by atoms with van der Waals surface area (Å²) in [6, 6.07) is 7.90. The molecule has 0 spiro atoms. The van der Waals surface area contributed by atoms with Crippen molar-refractivity contribution in [2.24, 2.45) is 0 Å². The average Bonchev–Trinajstić information content (AvgIpc) is 2.41. The van der Waals surface area contributed by atoms with Crippen LogP contribution in [0.1, 0.15) is 15.9 Å². The Kier molecular flexibility index (Phi) is 4.18. The molecule has 2 rings (SSSR count). The maximum atomic E-state index is 12.6. The first-order valence-electron chi connectivity index (χ1n) is 5.80. The minimum atomic E-state index is -3.75. The van der Waals surface area contributed by atoms with Crippen LogP contribution in [0.4, 0.5) is 10.1 Å². The van der Waals surface area contributed by atoms with Crippen molar-refractivity contribution < 1.29 is 22.7 Å². The average molecular weight is 310 g/mol. The monoisotopic (exact) mass is 310 g/mol. The molecule has 0 aliphatic rings. The number of aromatic carboxylic acids is 1. The Hall–Kier alpha value is -2.48. The highest BCUT2D eigenvalue weighted by molar-refractivity contribution is 7.91. The van der Waals surface area contributed by atoms with E-state index in [0.717, 1.165) is 12.3 Å². The number of nitrogens with one attached hydrogen (secondary N) is 1. The standard InChI is InChI=1S/C13H11FN2O4S/c14-12-5-4-11(7-15-12)16-21(19,20)8-9-2-1-3-10(6-9)13(17)18/h1-7,16H,8H2,(H,17,18). The third kappa shape index (κ3) is 4.25. The van der Waals surface area contributed by atoms with Gasteiger partial charge in [-0.3, -0.25) is 4.72 Å². The van der Waals surface area contributed by atoms with Crippen LogP contribution in [-0.4, -0.2) is 24.5 Å². The molecule has 0 fully saturated rings. The van der Waals surface area contributed by atoms with Crippen LogP contribution >= 0.6 is 0 Å². The van der Waals surface area contributed by atoms with Gasteiger partial charge in [-0.25, -0.2) is 18.2 Å². The Morgan fingerprint density at radius 1 is 1.29 bits per heavy atom. The molecule has 1 aromatic heterocycles. The van der Waals surface area contributed by atoms with Crippen molar-refractivity contribution in [3.05, 3.63) is 59.7 Å². The number of carbonyl (C=O) groups is 1. The van der Waals surface area contributed by atoms with Gasteiger partial charge in [-0.2, -0.15) is 4.39 Å². The molecule has 6 nitrogen and oxygen atoms in total. The van der Waals surface area contributed by atoms with Crippen molar-refractivity contribution in [3.63, 3.8) is 0 Å². The van der Waals surface area contributed by atoms with Gasteiger partial charge in [0.15, 0.2) is 0 Å². The number of benzene rings is 1. The van der Waals surface area contributed by atoms with Crippen LogP contribution in [0, 0.1) is 5.95 Å². The van der Waals surface area contributed by atoms with Gasteiger partial charge in [-0.1, -0.05) is 12.1 Å². The molecule has 0 radical (unpaired) electrons. The number of hydrogen-bond acceptors (Lipinski definition) is 4. The fourth-order valence-electron chi connectivity index (χ4n) is 1.67. The quantitative estimate of drug-likeness (QED) is 0.822. The van der Waals surface area contributed by atoms with E-state index in [2.05, 4.69) is 9.71 Å². The number of pyridine rings is 1. The molecule has 0 saturated carbocycles. The molecule has 8 heteroatoms. The first kappa shape index (κ1) is 14.9. The Bertz CT molecular complexity index is 760. The molecule has 110 valence electrons. The molecule has 1 heterocycles. The number of carboxylic acid groups (broad SMARTS) is 1. The van der Waals surface area contributed by atoms with Crippen LogP contribution in [-0.2, 0) is 15.8 Å². The van der Waals surface area contributed by atoms with Crippen LogP contribution in [0.3, 0.4) is 0 Å². The molecule has 2 N–H and O–H groups in total. The van der Waals surface area contributed by atoms with Crippen LogP contribution < -0.4 is 4.72 Å². The summed E-state index contributed by atoms with van der Waals surface area (Å²) in [5.41, 5.74) is 0.467. The second-order valence-corrected chi connectivity index (χ2v) is 5.96. The Balaban J connectivity index is 2.15. The van der Waals surface area contributed by atoms with Gasteiger partial charge >= 0.3 is 5.97 Å². The SMILES string of the molecule is O=C(O)c1cccc(CS(=O)(=O)Nc2ccc(F)nc2)c1. The molecule has 2 aromatic rings. The van der Waals surface area contributed by atoms with Gasteiger partial charge in [-0.15, -0.1) is 0 Å². The number of rotatable bonds is 5. The maximum Gasteiger partial charge on any atom is 0.335 e. The Labute approximate surface area is 120 Å². The van der Waals surface area contributed by atoms with E-state index in [0.29, 0.717) is 5.56 Å². The molecule has 1 aromatic carbocycles. The van der Waals surface area contributed by atoms with Crippen molar-refractivity contribution in [2.75, 3.05) is 4.72 Å². The summed E-state index contributed by atoms with van der Waals surface area (Å²) in [5, 5.41) is 8.86. The van der Waals surface area contributed by atoms with Gasteiger partial charge in [0.25, 0.3) is 0 Å². The highest BCUT2D eigenvalue weighted by Gasteiger charge is 2.13. The Morgan fingerprint density at radius 3 is 2.67 bits per heavy atom. The predicted molar refractivity (Wildman–Crippen MR) is 73.8 cm³/mol. The highest BCUT2D eigenvalue weighted by Crippen LogP contribution is 2.13. The predicted octanol–water partition coefficient (Wildman–Crippen LogP) is 1.86. The zero-order valence-corrected chi connectivity index (χ0v) is 11.5. The molecule has 0 saturated heterocycles. The summed E-state index contributed by atoms with van der Waals surface area (Å²) in [7, 11) is -3.75. The van der Waals surface area contributed by atoms with Crippen molar-refractivity contribution in [3.8, 4) is 0 Å². The maximum absolute atomic E-state index is 12.6. The lowest BCUT2D eigenvalue weighted by atomic mass is 10.1. The third-order valence-corrected chi connectivity index (χ3v) is 3.79. The number of nitrogens with zero attached hydrogens (tertiary/aromatic N) is 1. The van der Waals surface area contributed by atoms with Crippen molar-refractivity contribution in [2.45, 2.75) is 5.75 Å². The lowest BCUT2D eigenvalue weighted by Crippen LogP contribution is -2.15. The van der Waals surface area contributed by atoms with E-state index >= 15 is 0 Å².